The first kappa shape index (κ1) is 24.0. The zero-order valence-corrected chi connectivity index (χ0v) is 18.9. The van der Waals surface area contributed by atoms with Gasteiger partial charge in [-0.05, 0) is 43.2 Å². The number of carbonyl (C=O) groups excluding carboxylic acids is 1. The van der Waals surface area contributed by atoms with Crippen LogP contribution >= 0.6 is 58.0 Å². The van der Waals surface area contributed by atoms with Crippen LogP contribution in [0.25, 0.3) is 0 Å². The van der Waals surface area contributed by atoms with E-state index in [9.17, 15) is 4.79 Å². The van der Waals surface area contributed by atoms with E-state index in [0.29, 0.717) is 51.6 Å². The fourth-order valence-electron chi connectivity index (χ4n) is 2.17. The van der Waals surface area contributed by atoms with Crippen LogP contribution < -0.4 is 9.47 Å². The molecule has 0 aromatic heterocycles. The predicted octanol–water partition coefficient (Wildman–Crippen LogP) is 7.36. The highest BCUT2D eigenvalue weighted by molar-refractivity contribution is 6.55. The minimum absolute atomic E-state index is 0.112. The standard InChI is InChI=1S/C20H17Cl5O4/c21-14-5-3-13(4-6-14)20(26)29-9-2-1-8-28-19-16(22)11-15(12-17(19)23)27-10-7-18(24)25/h3-7,11-12H,1-2,8-10H2. The zero-order chi connectivity index (χ0) is 21.2. The number of hydrogen-bond donors (Lipinski definition) is 0. The van der Waals surface area contributed by atoms with Gasteiger partial charge in [0, 0.05) is 17.2 Å². The molecule has 4 nitrogen and oxygen atoms in total. The van der Waals surface area contributed by atoms with Gasteiger partial charge in [-0.1, -0.05) is 58.0 Å². The van der Waals surface area contributed by atoms with E-state index in [1.54, 1.807) is 36.4 Å². The predicted molar refractivity (Wildman–Crippen MR) is 118 cm³/mol. The Bertz CT molecular complexity index is 825. The van der Waals surface area contributed by atoms with Crippen LogP contribution in [0.2, 0.25) is 15.1 Å². The maximum atomic E-state index is 11.9. The van der Waals surface area contributed by atoms with Crippen LogP contribution in [0.15, 0.2) is 47.0 Å². The summed E-state index contributed by atoms with van der Waals surface area (Å²) in [6.07, 6.45) is 2.77. The van der Waals surface area contributed by atoms with Crippen molar-refractivity contribution in [1.82, 2.24) is 0 Å². The smallest absolute Gasteiger partial charge is 0.338 e. The normalized spacial score (nSPS) is 10.4. The summed E-state index contributed by atoms with van der Waals surface area (Å²) in [6, 6.07) is 9.69. The van der Waals surface area contributed by atoms with Gasteiger partial charge in [-0.15, -0.1) is 0 Å². The van der Waals surface area contributed by atoms with Crippen molar-refractivity contribution in [1.29, 1.82) is 0 Å². The lowest BCUT2D eigenvalue weighted by Crippen LogP contribution is -2.07. The van der Waals surface area contributed by atoms with E-state index in [2.05, 4.69) is 0 Å². The van der Waals surface area contributed by atoms with Gasteiger partial charge in [-0.2, -0.15) is 0 Å². The lowest BCUT2D eigenvalue weighted by Gasteiger charge is -2.12. The molecule has 29 heavy (non-hydrogen) atoms. The molecule has 9 heteroatoms. The van der Waals surface area contributed by atoms with Crippen molar-refractivity contribution in [2.24, 2.45) is 0 Å². The van der Waals surface area contributed by atoms with Gasteiger partial charge in [0.2, 0.25) is 0 Å². The van der Waals surface area contributed by atoms with E-state index < -0.39 is 5.97 Å². The van der Waals surface area contributed by atoms with E-state index in [-0.39, 0.29) is 17.7 Å². The molecule has 0 bridgehead atoms. The van der Waals surface area contributed by atoms with Gasteiger partial charge in [-0.3, -0.25) is 0 Å². The summed E-state index contributed by atoms with van der Waals surface area (Å²) in [6.45, 7) is 0.822. The Kier molecular flexibility index (Phi) is 10.3. The first-order valence-corrected chi connectivity index (χ1v) is 10.4. The molecule has 0 saturated carbocycles. The molecule has 0 spiro atoms. The maximum absolute atomic E-state index is 11.9. The highest BCUT2D eigenvalue weighted by atomic mass is 35.5. The third kappa shape index (κ3) is 8.53. The fourth-order valence-corrected chi connectivity index (χ4v) is 3.00. The summed E-state index contributed by atoms with van der Waals surface area (Å²) in [4.78, 5) is 11.9. The average Bonchev–Trinajstić information content (AvgIpc) is 2.66. The quantitative estimate of drug-likeness (QED) is 0.254. The second-order valence-electron chi connectivity index (χ2n) is 5.72. The van der Waals surface area contributed by atoms with Crippen LogP contribution in [0.4, 0.5) is 0 Å². The van der Waals surface area contributed by atoms with Gasteiger partial charge in [0.15, 0.2) is 5.75 Å². The fraction of sp³-hybridized carbons (Fsp3) is 0.250. The Morgan fingerprint density at radius 3 is 2.14 bits per heavy atom. The molecular formula is C20H17Cl5O4. The van der Waals surface area contributed by atoms with E-state index in [1.165, 1.54) is 6.08 Å². The summed E-state index contributed by atoms with van der Waals surface area (Å²) >= 11 is 29.2. The highest BCUT2D eigenvalue weighted by Crippen LogP contribution is 2.37. The molecule has 0 aliphatic rings. The molecule has 0 unspecified atom stereocenters. The summed E-state index contributed by atoms with van der Waals surface area (Å²) < 4.78 is 16.4. The Morgan fingerprint density at radius 1 is 0.897 bits per heavy atom. The Labute approximate surface area is 194 Å². The van der Waals surface area contributed by atoms with Gasteiger partial charge in [-0.25, -0.2) is 4.79 Å². The number of benzene rings is 2. The Balaban J connectivity index is 1.72. The molecule has 2 aromatic carbocycles. The van der Waals surface area contributed by atoms with Crippen molar-refractivity contribution in [2.45, 2.75) is 12.8 Å². The molecule has 0 amide bonds. The molecule has 0 aliphatic heterocycles. The lowest BCUT2D eigenvalue weighted by atomic mass is 10.2. The minimum atomic E-state index is -0.394. The first-order valence-electron chi connectivity index (χ1n) is 8.55. The van der Waals surface area contributed by atoms with Gasteiger partial charge < -0.3 is 14.2 Å². The lowest BCUT2D eigenvalue weighted by molar-refractivity contribution is 0.0494. The van der Waals surface area contributed by atoms with Crippen LogP contribution in [-0.4, -0.2) is 25.8 Å². The number of carbonyl (C=O) groups is 1. The van der Waals surface area contributed by atoms with Crippen LogP contribution in [-0.2, 0) is 4.74 Å². The Morgan fingerprint density at radius 2 is 1.52 bits per heavy atom. The summed E-state index contributed by atoms with van der Waals surface area (Å²) in [5, 5.41) is 1.21. The molecule has 2 aromatic rings. The van der Waals surface area contributed by atoms with E-state index in [4.69, 9.17) is 72.2 Å². The largest absolute Gasteiger partial charge is 0.490 e. The molecule has 0 fully saturated rings. The summed E-state index contributed by atoms with van der Waals surface area (Å²) in [5.74, 6) is 0.437. The van der Waals surface area contributed by atoms with Gasteiger partial charge in [0.05, 0.1) is 28.8 Å². The minimum Gasteiger partial charge on any atom is -0.490 e. The van der Waals surface area contributed by atoms with Gasteiger partial charge >= 0.3 is 5.97 Å². The van der Waals surface area contributed by atoms with Crippen LogP contribution in [0.3, 0.4) is 0 Å². The molecule has 0 aliphatic carbocycles. The zero-order valence-electron chi connectivity index (χ0n) is 15.1. The average molecular weight is 499 g/mol. The van der Waals surface area contributed by atoms with E-state index in [0.717, 1.165) is 0 Å². The molecule has 0 saturated heterocycles. The number of halogens is 5. The van der Waals surface area contributed by atoms with Gasteiger partial charge in [0.1, 0.15) is 16.8 Å². The first-order chi connectivity index (χ1) is 13.9. The molecule has 0 N–H and O–H groups in total. The number of unbranched alkanes of at least 4 members (excludes halogenated alkanes) is 1. The number of rotatable bonds is 10. The summed E-state index contributed by atoms with van der Waals surface area (Å²) in [7, 11) is 0. The molecule has 2 rings (SSSR count). The number of esters is 1. The van der Waals surface area contributed by atoms with E-state index in [1.807, 2.05) is 0 Å². The van der Waals surface area contributed by atoms with Crippen LogP contribution in [0.1, 0.15) is 23.2 Å². The van der Waals surface area contributed by atoms with Crippen molar-refractivity contribution in [3.8, 4) is 11.5 Å². The van der Waals surface area contributed by atoms with E-state index >= 15 is 0 Å². The van der Waals surface area contributed by atoms with Crippen LogP contribution in [0, 0.1) is 0 Å². The second kappa shape index (κ2) is 12.4. The van der Waals surface area contributed by atoms with Crippen molar-refractivity contribution in [2.75, 3.05) is 19.8 Å². The monoisotopic (exact) mass is 496 g/mol. The van der Waals surface area contributed by atoms with Crippen molar-refractivity contribution in [3.05, 3.63) is 67.6 Å². The SMILES string of the molecule is O=C(OCCCCOc1c(Cl)cc(OCC=C(Cl)Cl)cc1Cl)c1ccc(Cl)cc1. The van der Waals surface area contributed by atoms with Gasteiger partial charge in [0.25, 0.3) is 0 Å². The molecule has 0 heterocycles. The molecule has 0 radical (unpaired) electrons. The number of ether oxygens (including phenoxy) is 3. The third-order valence-electron chi connectivity index (χ3n) is 3.56. The molecule has 0 atom stereocenters. The molecular weight excluding hydrogens is 481 g/mol. The topological polar surface area (TPSA) is 44.8 Å². The number of hydrogen-bond acceptors (Lipinski definition) is 4. The maximum Gasteiger partial charge on any atom is 0.338 e. The Hall–Kier alpha value is -1.30. The van der Waals surface area contributed by atoms with Crippen molar-refractivity contribution < 1.29 is 19.0 Å². The summed E-state index contributed by atoms with van der Waals surface area (Å²) in [5.41, 5.74) is 0.454. The molecule has 156 valence electrons. The third-order valence-corrected chi connectivity index (χ3v) is 4.68. The van der Waals surface area contributed by atoms with Crippen molar-refractivity contribution in [3.63, 3.8) is 0 Å². The van der Waals surface area contributed by atoms with Crippen LogP contribution in [0.5, 0.6) is 11.5 Å². The second-order valence-corrected chi connectivity index (χ2v) is 7.98. The van der Waals surface area contributed by atoms with Crippen molar-refractivity contribution >= 4 is 64.0 Å². The highest BCUT2D eigenvalue weighted by Gasteiger charge is 2.11.